The summed E-state index contributed by atoms with van der Waals surface area (Å²) in [4.78, 5) is 23.2. The molecule has 6 heteroatoms. The molecule has 3 aromatic rings. The normalized spacial score (nSPS) is 10.6. The smallest absolute Gasteiger partial charge is 0.338 e. The molecule has 110 valence electrons. The maximum absolute atomic E-state index is 12.0. The minimum absolute atomic E-state index is 0.0409. The Kier molecular flexibility index (Phi) is 3.65. The molecule has 0 aliphatic carbocycles. The predicted molar refractivity (Wildman–Crippen MR) is 79.5 cm³/mol. The van der Waals surface area contributed by atoms with Crippen molar-refractivity contribution in [1.29, 1.82) is 0 Å². The number of carbonyl (C=O) groups is 2. The predicted octanol–water partition coefficient (Wildman–Crippen LogP) is 2.52. The summed E-state index contributed by atoms with van der Waals surface area (Å²) in [6.45, 7) is 1.63. The molecule has 6 nitrogen and oxygen atoms in total. The molecule has 0 radical (unpaired) electrons. The Bertz CT molecular complexity index is 837. The molecule has 1 aromatic heterocycles. The second-order valence-electron chi connectivity index (χ2n) is 4.86. The Morgan fingerprint density at radius 2 is 1.68 bits per heavy atom. The Morgan fingerprint density at radius 1 is 1.00 bits per heavy atom. The van der Waals surface area contributed by atoms with E-state index in [1.807, 2.05) is 18.2 Å². The van der Waals surface area contributed by atoms with Crippen LogP contribution in [0.3, 0.4) is 0 Å². The standard InChI is InChI=1S/C16H13N3O3/c1-10(20)12-3-5-13(6-4-12)16(21)22-9-11-2-7-14-15(8-11)18-19-17-14/h2-8H,9H2,1H3,(H,17,18,19). The number of aromatic amines is 1. The maximum Gasteiger partial charge on any atom is 0.338 e. The van der Waals surface area contributed by atoms with Crippen LogP contribution in [0.15, 0.2) is 42.5 Å². The Labute approximate surface area is 126 Å². The highest BCUT2D eigenvalue weighted by Gasteiger charge is 2.09. The number of nitrogens with one attached hydrogen (secondary N) is 1. The number of ketones is 1. The number of ether oxygens (including phenoxy) is 1. The second kappa shape index (κ2) is 5.77. The molecule has 1 heterocycles. The number of hydrogen-bond donors (Lipinski definition) is 1. The van der Waals surface area contributed by atoms with E-state index in [-0.39, 0.29) is 12.4 Å². The highest BCUT2D eigenvalue weighted by atomic mass is 16.5. The molecular weight excluding hydrogens is 282 g/mol. The van der Waals surface area contributed by atoms with E-state index in [9.17, 15) is 9.59 Å². The van der Waals surface area contributed by atoms with Crippen molar-refractivity contribution in [3.05, 3.63) is 59.2 Å². The van der Waals surface area contributed by atoms with Gasteiger partial charge in [-0.05, 0) is 36.8 Å². The van der Waals surface area contributed by atoms with Crippen molar-refractivity contribution in [2.45, 2.75) is 13.5 Å². The van der Waals surface area contributed by atoms with Crippen molar-refractivity contribution in [3.63, 3.8) is 0 Å². The quantitative estimate of drug-likeness (QED) is 0.590. The van der Waals surface area contributed by atoms with Crippen molar-refractivity contribution in [3.8, 4) is 0 Å². The second-order valence-corrected chi connectivity index (χ2v) is 4.86. The molecular formula is C16H13N3O3. The molecule has 0 unspecified atom stereocenters. The van der Waals surface area contributed by atoms with Gasteiger partial charge in [0.25, 0.3) is 0 Å². The first kappa shape index (κ1) is 13.9. The number of Topliss-reactive ketones (excluding diaryl/α,β-unsaturated/α-hetero) is 1. The summed E-state index contributed by atoms with van der Waals surface area (Å²) >= 11 is 0. The molecule has 0 fully saturated rings. The van der Waals surface area contributed by atoms with E-state index in [1.165, 1.54) is 6.92 Å². The molecule has 2 aromatic carbocycles. The lowest BCUT2D eigenvalue weighted by atomic mass is 10.1. The van der Waals surface area contributed by atoms with Gasteiger partial charge in [0.15, 0.2) is 5.78 Å². The van der Waals surface area contributed by atoms with Crippen molar-refractivity contribution in [2.24, 2.45) is 0 Å². The zero-order valence-electron chi connectivity index (χ0n) is 11.9. The van der Waals surface area contributed by atoms with Crippen molar-refractivity contribution in [1.82, 2.24) is 15.4 Å². The summed E-state index contributed by atoms with van der Waals surface area (Å²) in [7, 11) is 0. The van der Waals surface area contributed by atoms with Gasteiger partial charge in [0, 0.05) is 5.56 Å². The highest BCUT2D eigenvalue weighted by molar-refractivity contribution is 5.96. The highest BCUT2D eigenvalue weighted by Crippen LogP contribution is 2.13. The van der Waals surface area contributed by atoms with Crippen molar-refractivity contribution >= 4 is 22.8 Å². The molecule has 1 N–H and O–H groups in total. The summed E-state index contributed by atoms with van der Waals surface area (Å²) in [5, 5.41) is 10.5. The van der Waals surface area contributed by atoms with Crippen LogP contribution in [0, 0.1) is 0 Å². The number of esters is 1. The lowest BCUT2D eigenvalue weighted by Gasteiger charge is -2.05. The van der Waals surface area contributed by atoms with E-state index < -0.39 is 5.97 Å². The van der Waals surface area contributed by atoms with Crippen molar-refractivity contribution in [2.75, 3.05) is 0 Å². The van der Waals surface area contributed by atoms with Gasteiger partial charge in [-0.1, -0.05) is 18.2 Å². The van der Waals surface area contributed by atoms with Gasteiger partial charge in [0.05, 0.1) is 5.56 Å². The molecule has 22 heavy (non-hydrogen) atoms. The third-order valence-electron chi connectivity index (χ3n) is 3.28. The third kappa shape index (κ3) is 2.85. The monoisotopic (exact) mass is 295 g/mol. The molecule has 3 rings (SSSR count). The summed E-state index contributed by atoms with van der Waals surface area (Å²) in [6, 6.07) is 11.8. The molecule has 0 saturated heterocycles. The SMILES string of the molecule is CC(=O)c1ccc(C(=O)OCc2ccc3n[nH]nc3c2)cc1. The zero-order chi connectivity index (χ0) is 15.5. The van der Waals surface area contributed by atoms with Gasteiger partial charge in [-0.25, -0.2) is 4.79 Å². The number of aromatic nitrogens is 3. The largest absolute Gasteiger partial charge is 0.457 e. The summed E-state index contributed by atoms with van der Waals surface area (Å²) in [6.07, 6.45) is 0. The van der Waals surface area contributed by atoms with Crippen LogP contribution in [0.2, 0.25) is 0 Å². The topological polar surface area (TPSA) is 84.9 Å². The van der Waals surface area contributed by atoms with Crippen LogP contribution >= 0.6 is 0 Å². The van der Waals surface area contributed by atoms with Crippen LogP contribution in [-0.2, 0) is 11.3 Å². The van der Waals surface area contributed by atoms with Gasteiger partial charge >= 0.3 is 5.97 Å². The number of carbonyl (C=O) groups excluding carboxylic acids is 2. The average Bonchev–Trinajstić information content (AvgIpc) is 3.00. The maximum atomic E-state index is 12.0. The van der Waals surface area contributed by atoms with E-state index in [0.29, 0.717) is 11.1 Å². The van der Waals surface area contributed by atoms with E-state index in [4.69, 9.17) is 4.74 Å². The number of nitrogens with zero attached hydrogens (tertiary/aromatic N) is 2. The summed E-state index contributed by atoms with van der Waals surface area (Å²) < 4.78 is 5.26. The fraction of sp³-hybridized carbons (Fsp3) is 0.125. The molecule has 0 aliphatic heterocycles. The van der Waals surface area contributed by atoms with Gasteiger partial charge in [-0.15, -0.1) is 0 Å². The fourth-order valence-corrected chi connectivity index (χ4v) is 2.05. The van der Waals surface area contributed by atoms with Crippen LogP contribution in [0.4, 0.5) is 0 Å². The van der Waals surface area contributed by atoms with E-state index in [2.05, 4.69) is 15.4 Å². The van der Waals surface area contributed by atoms with Crippen LogP contribution in [-0.4, -0.2) is 27.2 Å². The first-order valence-corrected chi connectivity index (χ1v) is 6.71. The molecule has 0 atom stereocenters. The minimum atomic E-state index is -0.435. The van der Waals surface area contributed by atoms with Crippen LogP contribution in [0.1, 0.15) is 33.2 Å². The lowest BCUT2D eigenvalue weighted by Crippen LogP contribution is -2.05. The Balaban J connectivity index is 1.67. The van der Waals surface area contributed by atoms with Gasteiger partial charge in [-0.2, -0.15) is 15.4 Å². The lowest BCUT2D eigenvalue weighted by molar-refractivity contribution is 0.0472. The van der Waals surface area contributed by atoms with E-state index in [1.54, 1.807) is 24.3 Å². The molecule has 0 aliphatic rings. The number of fused-ring (bicyclic) bond motifs is 1. The van der Waals surface area contributed by atoms with Crippen LogP contribution < -0.4 is 0 Å². The molecule has 0 spiro atoms. The first-order valence-electron chi connectivity index (χ1n) is 6.71. The Hall–Kier alpha value is -3.02. The van der Waals surface area contributed by atoms with Crippen LogP contribution in [0.25, 0.3) is 11.0 Å². The first-order chi connectivity index (χ1) is 10.6. The van der Waals surface area contributed by atoms with Gasteiger partial charge in [0.2, 0.25) is 0 Å². The van der Waals surface area contributed by atoms with Gasteiger partial charge in [0.1, 0.15) is 17.6 Å². The molecule has 0 amide bonds. The van der Waals surface area contributed by atoms with E-state index >= 15 is 0 Å². The number of H-pyrrole nitrogens is 1. The minimum Gasteiger partial charge on any atom is -0.457 e. The van der Waals surface area contributed by atoms with E-state index in [0.717, 1.165) is 16.6 Å². The van der Waals surface area contributed by atoms with Crippen molar-refractivity contribution < 1.29 is 14.3 Å². The van der Waals surface area contributed by atoms with Crippen LogP contribution in [0.5, 0.6) is 0 Å². The fourth-order valence-electron chi connectivity index (χ4n) is 2.05. The summed E-state index contributed by atoms with van der Waals surface area (Å²) in [5.41, 5.74) is 3.28. The number of benzene rings is 2. The number of hydrogen-bond acceptors (Lipinski definition) is 5. The molecule has 0 saturated carbocycles. The zero-order valence-corrected chi connectivity index (χ0v) is 11.9. The Morgan fingerprint density at radius 3 is 2.41 bits per heavy atom. The number of rotatable bonds is 4. The van der Waals surface area contributed by atoms with Gasteiger partial charge in [-0.3, -0.25) is 4.79 Å². The average molecular weight is 295 g/mol. The third-order valence-corrected chi connectivity index (χ3v) is 3.28. The summed E-state index contributed by atoms with van der Waals surface area (Å²) in [5.74, 6) is -0.476. The van der Waals surface area contributed by atoms with Gasteiger partial charge < -0.3 is 4.74 Å². The molecule has 0 bridgehead atoms.